The monoisotopic (exact) mass is 308 g/mol. The molecule has 1 fully saturated rings. The van der Waals surface area contributed by atoms with Crippen LogP contribution in [0.2, 0.25) is 0 Å². The van der Waals surface area contributed by atoms with Gasteiger partial charge in [0, 0.05) is 37.6 Å². The van der Waals surface area contributed by atoms with Crippen LogP contribution < -0.4 is 0 Å². The highest BCUT2D eigenvalue weighted by Crippen LogP contribution is 2.16. The molecule has 3 rings (SSSR count). The Kier molecular flexibility index (Phi) is 4.80. The van der Waals surface area contributed by atoms with E-state index in [-0.39, 0.29) is 12.0 Å². The zero-order valence-corrected chi connectivity index (χ0v) is 13.0. The molecule has 118 valence electrons. The zero-order valence-electron chi connectivity index (χ0n) is 13.0. The lowest BCUT2D eigenvalue weighted by atomic mass is 10.1. The van der Waals surface area contributed by atoms with Crippen LogP contribution in [0.25, 0.3) is 0 Å². The van der Waals surface area contributed by atoms with Crippen LogP contribution in [0.3, 0.4) is 0 Å². The quantitative estimate of drug-likeness (QED) is 0.795. The van der Waals surface area contributed by atoms with Crippen molar-refractivity contribution in [1.82, 2.24) is 9.47 Å². The van der Waals surface area contributed by atoms with Crippen molar-refractivity contribution in [1.29, 1.82) is 0 Å². The SMILES string of the molecule is C#CCO[C@@H]1CCN(C(=O)c2ccc(Cn3cccc3)cc2)C1. The fourth-order valence-corrected chi connectivity index (χ4v) is 2.84. The van der Waals surface area contributed by atoms with Crippen molar-refractivity contribution in [2.75, 3.05) is 19.7 Å². The Bertz CT molecular complexity index is 683. The van der Waals surface area contributed by atoms with Gasteiger partial charge in [0.05, 0.1) is 6.10 Å². The number of likely N-dealkylation sites (tertiary alicyclic amines) is 1. The maximum absolute atomic E-state index is 12.5. The summed E-state index contributed by atoms with van der Waals surface area (Å²) >= 11 is 0. The molecular weight excluding hydrogens is 288 g/mol. The van der Waals surface area contributed by atoms with E-state index in [1.807, 2.05) is 53.7 Å². The van der Waals surface area contributed by atoms with Crippen LogP contribution in [0, 0.1) is 12.3 Å². The minimum atomic E-state index is 0.0583. The molecule has 0 unspecified atom stereocenters. The van der Waals surface area contributed by atoms with E-state index >= 15 is 0 Å². The number of nitrogens with zero attached hydrogens (tertiary/aromatic N) is 2. The van der Waals surface area contributed by atoms with Gasteiger partial charge in [0.1, 0.15) is 6.61 Å². The lowest BCUT2D eigenvalue weighted by molar-refractivity contribution is 0.0667. The van der Waals surface area contributed by atoms with Crippen LogP contribution >= 0.6 is 0 Å². The lowest BCUT2D eigenvalue weighted by Crippen LogP contribution is -2.30. The molecule has 0 spiro atoms. The standard InChI is InChI=1S/C19H20N2O2/c1-2-13-23-18-9-12-21(15-18)19(22)17-7-5-16(6-8-17)14-20-10-3-4-11-20/h1,3-8,10-11,18H,9,12-15H2/t18-/m1/s1. The van der Waals surface area contributed by atoms with Crippen molar-refractivity contribution in [3.05, 3.63) is 59.9 Å². The average molecular weight is 308 g/mol. The zero-order chi connectivity index (χ0) is 16.1. The fourth-order valence-electron chi connectivity index (χ4n) is 2.84. The van der Waals surface area contributed by atoms with E-state index in [1.165, 1.54) is 5.56 Å². The Labute approximate surface area is 136 Å². The second-order valence-electron chi connectivity index (χ2n) is 5.73. The Balaban J connectivity index is 1.59. The average Bonchev–Trinajstić information content (AvgIpc) is 3.24. The van der Waals surface area contributed by atoms with Gasteiger partial charge in [-0.2, -0.15) is 0 Å². The van der Waals surface area contributed by atoms with Gasteiger partial charge in [0.25, 0.3) is 5.91 Å². The van der Waals surface area contributed by atoms with Crippen LogP contribution in [0.5, 0.6) is 0 Å². The van der Waals surface area contributed by atoms with E-state index in [0.29, 0.717) is 13.2 Å². The summed E-state index contributed by atoms with van der Waals surface area (Å²) in [6.45, 7) is 2.46. The summed E-state index contributed by atoms with van der Waals surface area (Å²) < 4.78 is 7.62. The number of hydrogen-bond acceptors (Lipinski definition) is 2. The normalized spacial score (nSPS) is 17.2. The topological polar surface area (TPSA) is 34.5 Å². The van der Waals surface area contributed by atoms with Crippen LogP contribution in [-0.4, -0.2) is 41.2 Å². The van der Waals surface area contributed by atoms with Crippen molar-refractivity contribution in [3.63, 3.8) is 0 Å². The highest BCUT2D eigenvalue weighted by molar-refractivity contribution is 5.94. The predicted molar refractivity (Wildman–Crippen MR) is 89.1 cm³/mol. The first kappa shape index (κ1) is 15.4. The fraction of sp³-hybridized carbons (Fsp3) is 0.316. The first-order valence-electron chi connectivity index (χ1n) is 7.80. The number of hydrogen-bond donors (Lipinski definition) is 0. The number of terminal acetylenes is 1. The highest BCUT2D eigenvalue weighted by atomic mass is 16.5. The first-order valence-corrected chi connectivity index (χ1v) is 7.80. The molecular formula is C19H20N2O2. The molecule has 4 nitrogen and oxygen atoms in total. The molecule has 0 saturated carbocycles. The third-order valence-corrected chi connectivity index (χ3v) is 4.07. The number of carbonyl (C=O) groups excluding carboxylic acids is 1. The number of rotatable bonds is 5. The molecule has 1 aliphatic heterocycles. The molecule has 2 aromatic rings. The molecule has 1 aromatic heterocycles. The molecule has 1 amide bonds. The molecule has 1 aromatic carbocycles. The van der Waals surface area contributed by atoms with Crippen LogP contribution in [0.15, 0.2) is 48.8 Å². The molecule has 2 heterocycles. The van der Waals surface area contributed by atoms with Crippen LogP contribution in [0.1, 0.15) is 22.3 Å². The van der Waals surface area contributed by atoms with Gasteiger partial charge in [-0.1, -0.05) is 18.1 Å². The second-order valence-corrected chi connectivity index (χ2v) is 5.73. The maximum Gasteiger partial charge on any atom is 0.253 e. The molecule has 0 radical (unpaired) electrons. The number of amides is 1. The van der Waals surface area contributed by atoms with Gasteiger partial charge in [0.2, 0.25) is 0 Å². The summed E-state index contributed by atoms with van der Waals surface area (Å²) in [6.07, 6.45) is 10.2. The van der Waals surface area contributed by atoms with E-state index in [1.54, 1.807) is 0 Å². The van der Waals surface area contributed by atoms with E-state index in [2.05, 4.69) is 10.5 Å². The molecule has 1 atom stereocenters. The van der Waals surface area contributed by atoms with Crippen LogP contribution in [-0.2, 0) is 11.3 Å². The molecule has 0 aliphatic carbocycles. The van der Waals surface area contributed by atoms with E-state index < -0.39 is 0 Å². The van der Waals surface area contributed by atoms with E-state index in [0.717, 1.165) is 25.1 Å². The smallest absolute Gasteiger partial charge is 0.253 e. The highest BCUT2D eigenvalue weighted by Gasteiger charge is 2.27. The summed E-state index contributed by atoms with van der Waals surface area (Å²) in [5.74, 6) is 2.53. The van der Waals surface area contributed by atoms with Gasteiger partial charge in [0.15, 0.2) is 0 Å². The van der Waals surface area contributed by atoms with Gasteiger partial charge in [-0.15, -0.1) is 6.42 Å². The number of aromatic nitrogens is 1. The minimum Gasteiger partial charge on any atom is -0.364 e. The van der Waals surface area contributed by atoms with E-state index in [9.17, 15) is 4.79 Å². The second kappa shape index (κ2) is 7.17. The van der Waals surface area contributed by atoms with Gasteiger partial charge in [-0.3, -0.25) is 4.79 Å². The minimum absolute atomic E-state index is 0.0583. The van der Waals surface area contributed by atoms with Crippen LogP contribution in [0.4, 0.5) is 0 Å². The number of carbonyl (C=O) groups is 1. The summed E-state index contributed by atoms with van der Waals surface area (Å²) in [4.78, 5) is 14.4. The molecule has 4 heteroatoms. The van der Waals surface area contributed by atoms with Gasteiger partial charge in [-0.25, -0.2) is 0 Å². The van der Waals surface area contributed by atoms with Gasteiger partial charge in [-0.05, 0) is 36.2 Å². The van der Waals surface area contributed by atoms with E-state index in [4.69, 9.17) is 11.2 Å². The number of benzene rings is 1. The Morgan fingerprint density at radius 1 is 1.26 bits per heavy atom. The van der Waals surface area contributed by atoms with Crippen molar-refractivity contribution >= 4 is 5.91 Å². The first-order chi connectivity index (χ1) is 11.3. The maximum atomic E-state index is 12.5. The third kappa shape index (κ3) is 3.82. The molecule has 1 saturated heterocycles. The summed E-state index contributed by atoms with van der Waals surface area (Å²) in [6, 6.07) is 11.8. The molecule has 0 N–H and O–H groups in total. The Morgan fingerprint density at radius 3 is 2.70 bits per heavy atom. The molecule has 23 heavy (non-hydrogen) atoms. The van der Waals surface area contributed by atoms with Gasteiger partial charge >= 0.3 is 0 Å². The summed E-state index contributed by atoms with van der Waals surface area (Å²) in [7, 11) is 0. The summed E-state index contributed by atoms with van der Waals surface area (Å²) in [5.41, 5.74) is 1.90. The van der Waals surface area contributed by atoms with Crippen molar-refractivity contribution in [2.45, 2.75) is 19.1 Å². The van der Waals surface area contributed by atoms with Crippen molar-refractivity contribution in [3.8, 4) is 12.3 Å². The Hall–Kier alpha value is -2.51. The van der Waals surface area contributed by atoms with Crippen molar-refractivity contribution < 1.29 is 9.53 Å². The largest absolute Gasteiger partial charge is 0.364 e. The van der Waals surface area contributed by atoms with Crippen molar-refractivity contribution in [2.24, 2.45) is 0 Å². The summed E-state index contributed by atoms with van der Waals surface area (Å²) in [5, 5.41) is 0. The molecule has 1 aliphatic rings. The van der Waals surface area contributed by atoms with Gasteiger partial charge < -0.3 is 14.2 Å². The third-order valence-electron chi connectivity index (χ3n) is 4.07. The number of ether oxygens (including phenoxy) is 1. The molecule has 0 bridgehead atoms. The lowest BCUT2D eigenvalue weighted by Gasteiger charge is -2.16. The Morgan fingerprint density at radius 2 is 2.00 bits per heavy atom. The predicted octanol–water partition coefficient (Wildman–Crippen LogP) is 2.40.